The standard InChI is InChI=1S/C13H18N2O/c1-9-5-6-11(10(2)12(9)14)13(16)15-7-3-4-8-15/h5-6H,3-4,7-8,14H2,1-2H3. The summed E-state index contributed by atoms with van der Waals surface area (Å²) in [5.41, 5.74) is 9.40. The molecule has 2 rings (SSSR count). The van der Waals surface area contributed by atoms with Crippen molar-refractivity contribution in [2.75, 3.05) is 18.8 Å². The van der Waals surface area contributed by atoms with Crippen molar-refractivity contribution in [3.05, 3.63) is 28.8 Å². The average molecular weight is 218 g/mol. The van der Waals surface area contributed by atoms with E-state index in [2.05, 4.69) is 0 Å². The molecule has 0 spiro atoms. The number of hydrogen-bond donors (Lipinski definition) is 1. The zero-order valence-corrected chi connectivity index (χ0v) is 9.92. The fraction of sp³-hybridized carbons (Fsp3) is 0.462. The van der Waals surface area contributed by atoms with Crippen molar-refractivity contribution in [3.63, 3.8) is 0 Å². The Morgan fingerprint density at radius 1 is 1.25 bits per heavy atom. The van der Waals surface area contributed by atoms with E-state index in [0.717, 1.165) is 48.3 Å². The average Bonchev–Trinajstić information content (AvgIpc) is 2.79. The van der Waals surface area contributed by atoms with Crippen molar-refractivity contribution >= 4 is 11.6 Å². The predicted octanol–water partition coefficient (Wildman–Crippen LogP) is 2.12. The van der Waals surface area contributed by atoms with Crippen molar-refractivity contribution in [2.24, 2.45) is 0 Å². The molecule has 1 saturated heterocycles. The van der Waals surface area contributed by atoms with Gasteiger partial charge < -0.3 is 10.6 Å². The second-order valence-corrected chi connectivity index (χ2v) is 4.47. The summed E-state index contributed by atoms with van der Waals surface area (Å²) < 4.78 is 0. The maximum atomic E-state index is 12.2. The number of anilines is 1. The maximum Gasteiger partial charge on any atom is 0.254 e. The normalized spacial score (nSPS) is 15.5. The van der Waals surface area contributed by atoms with Gasteiger partial charge >= 0.3 is 0 Å². The second kappa shape index (κ2) is 4.16. The van der Waals surface area contributed by atoms with Crippen LogP contribution in [0.25, 0.3) is 0 Å². The lowest BCUT2D eigenvalue weighted by Gasteiger charge is -2.18. The third kappa shape index (κ3) is 1.77. The van der Waals surface area contributed by atoms with Gasteiger partial charge in [0.1, 0.15) is 0 Å². The molecular weight excluding hydrogens is 200 g/mol. The Kier molecular flexibility index (Phi) is 2.86. The van der Waals surface area contributed by atoms with Gasteiger partial charge in [0.2, 0.25) is 0 Å². The van der Waals surface area contributed by atoms with Gasteiger partial charge in [-0.3, -0.25) is 4.79 Å². The number of carbonyl (C=O) groups is 1. The van der Waals surface area contributed by atoms with Crippen LogP contribution in [0.3, 0.4) is 0 Å². The zero-order chi connectivity index (χ0) is 11.7. The fourth-order valence-electron chi connectivity index (χ4n) is 2.19. The van der Waals surface area contributed by atoms with Crippen LogP contribution in [0.2, 0.25) is 0 Å². The summed E-state index contributed by atoms with van der Waals surface area (Å²) in [7, 11) is 0. The van der Waals surface area contributed by atoms with E-state index < -0.39 is 0 Å². The minimum atomic E-state index is 0.127. The number of likely N-dealkylation sites (tertiary alicyclic amines) is 1. The molecule has 1 amide bonds. The number of amides is 1. The van der Waals surface area contributed by atoms with Gasteiger partial charge in [-0.25, -0.2) is 0 Å². The number of carbonyl (C=O) groups excluding carboxylic acids is 1. The van der Waals surface area contributed by atoms with Gasteiger partial charge in [0.25, 0.3) is 5.91 Å². The highest BCUT2D eigenvalue weighted by atomic mass is 16.2. The quantitative estimate of drug-likeness (QED) is 0.734. The Morgan fingerprint density at radius 2 is 1.88 bits per heavy atom. The van der Waals surface area contributed by atoms with Crippen molar-refractivity contribution in [3.8, 4) is 0 Å². The minimum Gasteiger partial charge on any atom is -0.398 e. The van der Waals surface area contributed by atoms with E-state index in [1.54, 1.807) is 0 Å². The van der Waals surface area contributed by atoms with Crippen molar-refractivity contribution in [1.29, 1.82) is 0 Å². The van der Waals surface area contributed by atoms with E-state index in [9.17, 15) is 4.79 Å². The molecule has 0 bridgehead atoms. The molecule has 1 fully saturated rings. The first kappa shape index (κ1) is 11.0. The molecule has 3 nitrogen and oxygen atoms in total. The third-order valence-electron chi connectivity index (χ3n) is 3.36. The first-order valence-corrected chi connectivity index (χ1v) is 5.76. The monoisotopic (exact) mass is 218 g/mol. The zero-order valence-electron chi connectivity index (χ0n) is 9.92. The van der Waals surface area contributed by atoms with Crippen LogP contribution in [0.15, 0.2) is 12.1 Å². The van der Waals surface area contributed by atoms with Gasteiger partial charge in [-0.05, 0) is 43.9 Å². The van der Waals surface area contributed by atoms with Crippen molar-refractivity contribution < 1.29 is 4.79 Å². The minimum absolute atomic E-state index is 0.127. The maximum absolute atomic E-state index is 12.2. The summed E-state index contributed by atoms with van der Waals surface area (Å²) in [6.07, 6.45) is 2.23. The lowest BCUT2D eigenvalue weighted by molar-refractivity contribution is 0.0792. The molecule has 86 valence electrons. The molecule has 0 radical (unpaired) electrons. The fourth-order valence-corrected chi connectivity index (χ4v) is 2.19. The lowest BCUT2D eigenvalue weighted by Crippen LogP contribution is -2.28. The Balaban J connectivity index is 2.33. The Labute approximate surface area is 96.2 Å². The molecule has 0 aliphatic carbocycles. The molecule has 0 atom stereocenters. The summed E-state index contributed by atoms with van der Waals surface area (Å²) in [5, 5.41) is 0. The van der Waals surface area contributed by atoms with Crippen LogP contribution in [-0.4, -0.2) is 23.9 Å². The molecule has 1 aliphatic heterocycles. The van der Waals surface area contributed by atoms with Crippen LogP contribution in [-0.2, 0) is 0 Å². The Bertz CT molecular complexity index is 420. The highest BCUT2D eigenvalue weighted by molar-refractivity contribution is 5.97. The number of benzene rings is 1. The lowest BCUT2D eigenvalue weighted by atomic mass is 10.0. The van der Waals surface area contributed by atoms with E-state index in [1.165, 1.54) is 0 Å². The number of nitrogens with two attached hydrogens (primary N) is 1. The number of hydrogen-bond acceptors (Lipinski definition) is 2. The highest BCUT2D eigenvalue weighted by Crippen LogP contribution is 2.22. The van der Waals surface area contributed by atoms with Crippen LogP contribution in [0.5, 0.6) is 0 Å². The summed E-state index contributed by atoms with van der Waals surface area (Å²) in [5.74, 6) is 0.127. The van der Waals surface area contributed by atoms with Crippen LogP contribution < -0.4 is 5.73 Å². The molecule has 16 heavy (non-hydrogen) atoms. The largest absolute Gasteiger partial charge is 0.398 e. The van der Waals surface area contributed by atoms with Gasteiger partial charge in [0, 0.05) is 24.3 Å². The number of aryl methyl sites for hydroxylation is 1. The van der Waals surface area contributed by atoms with Crippen LogP contribution in [0.1, 0.15) is 34.3 Å². The molecule has 1 aromatic carbocycles. The van der Waals surface area contributed by atoms with Crippen LogP contribution >= 0.6 is 0 Å². The highest BCUT2D eigenvalue weighted by Gasteiger charge is 2.21. The molecule has 0 aromatic heterocycles. The van der Waals surface area contributed by atoms with E-state index >= 15 is 0 Å². The van der Waals surface area contributed by atoms with Gasteiger partial charge in [-0.1, -0.05) is 6.07 Å². The molecule has 1 heterocycles. The molecule has 2 N–H and O–H groups in total. The molecule has 0 unspecified atom stereocenters. The van der Waals surface area contributed by atoms with Gasteiger partial charge in [0.05, 0.1) is 0 Å². The molecule has 1 aromatic rings. The number of nitrogens with zero attached hydrogens (tertiary/aromatic N) is 1. The van der Waals surface area contributed by atoms with Gasteiger partial charge in [-0.15, -0.1) is 0 Å². The first-order valence-electron chi connectivity index (χ1n) is 5.76. The summed E-state index contributed by atoms with van der Waals surface area (Å²) >= 11 is 0. The van der Waals surface area contributed by atoms with E-state index in [4.69, 9.17) is 5.73 Å². The van der Waals surface area contributed by atoms with E-state index in [1.807, 2.05) is 30.9 Å². The van der Waals surface area contributed by atoms with E-state index in [-0.39, 0.29) is 5.91 Å². The van der Waals surface area contributed by atoms with Crippen LogP contribution in [0.4, 0.5) is 5.69 Å². The first-order chi connectivity index (χ1) is 7.61. The van der Waals surface area contributed by atoms with Crippen molar-refractivity contribution in [1.82, 2.24) is 4.90 Å². The second-order valence-electron chi connectivity index (χ2n) is 4.47. The van der Waals surface area contributed by atoms with Crippen molar-refractivity contribution in [2.45, 2.75) is 26.7 Å². The Morgan fingerprint density at radius 3 is 2.50 bits per heavy atom. The molecule has 0 saturated carbocycles. The predicted molar refractivity (Wildman–Crippen MR) is 65.5 cm³/mol. The summed E-state index contributed by atoms with van der Waals surface area (Å²) in [6.45, 7) is 5.65. The third-order valence-corrected chi connectivity index (χ3v) is 3.36. The smallest absolute Gasteiger partial charge is 0.254 e. The topological polar surface area (TPSA) is 46.3 Å². The molecule has 1 aliphatic rings. The Hall–Kier alpha value is -1.51. The summed E-state index contributed by atoms with van der Waals surface area (Å²) in [6, 6.07) is 3.81. The molecule has 3 heteroatoms. The van der Waals surface area contributed by atoms with Gasteiger partial charge in [0.15, 0.2) is 0 Å². The molecular formula is C13H18N2O. The number of nitrogen functional groups attached to an aromatic ring is 1. The number of rotatable bonds is 1. The van der Waals surface area contributed by atoms with E-state index in [0.29, 0.717) is 0 Å². The SMILES string of the molecule is Cc1ccc(C(=O)N2CCCC2)c(C)c1N. The van der Waals surface area contributed by atoms with Crippen LogP contribution in [0, 0.1) is 13.8 Å². The van der Waals surface area contributed by atoms with Gasteiger partial charge in [-0.2, -0.15) is 0 Å². The summed E-state index contributed by atoms with van der Waals surface area (Å²) in [4.78, 5) is 14.1.